The number of benzene rings is 1. The summed E-state index contributed by atoms with van der Waals surface area (Å²) in [6.07, 6.45) is 2.73. The molecule has 0 aromatic heterocycles. The van der Waals surface area contributed by atoms with E-state index in [0.717, 1.165) is 30.5 Å². The highest BCUT2D eigenvalue weighted by Gasteiger charge is 2.29. The van der Waals surface area contributed by atoms with E-state index in [1.807, 2.05) is 24.3 Å². The van der Waals surface area contributed by atoms with Gasteiger partial charge in [0.05, 0.1) is 11.4 Å². The molecule has 0 N–H and O–H groups in total. The van der Waals surface area contributed by atoms with Crippen molar-refractivity contribution in [3.8, 4) is 0 Å². The van der Waals surface area contributed by atoms with Crippen LogP contribution in [0.25, 0.3) is 0 Å². The molecule has 22 heavy (non-hydrogen) atoms. The molecule has 122 valence electrons. The van der Waals surface area contributed by atoms with Gasteiger partial charge < -0.3 is 4.90 Å². The molecule has 1 aromatic carbocycles. The predicted octanol–water partition coefficient (Wildman–Crippen LogP) is 2.03. The van der Waals surface area contributed by atoms with Crippen molar-refractivity contribution >= 4 is 21.6 Å². The maximum absolute atomic E-state index is 12.5. The van der Waals surface area contributed by atoms with E-state index < -0.39 is 10.0 Å². The Hall–Kier alpha value is -1.56. The summed E-state index contributed by atoms with van der Waals surface area (Å²) >= 11 is 0. The van der Waals surface area contributed by atoms with Crippen LogP contribution in [0.4, 0.5) is 5.69 Å². The van der Waals surface area contributed by atoms with Gasteiger partial charge in [-0.15, -0.1) is 0 Å². The SMILES string of the molecule is CCCCN(C)C(=O)CCS(=O)(=O)N1CCc2ccccc21. The lowest BCUT2D eigenvalue weighted by Crippen LogP contribution is -2.35. The van der Waals surface area contributed by atoms with Gasteiger partial charge in [-0.25, -0.2) is 8.42 Å². The number of fused-ring (bicyclic) bond motifs is 1. The topological polar surface area (TPSA) is 57.7 Å². The van der Waals surface area contributed by atoms with Crippen LogP contribution in [0.1, 0.15) is 31.7 Å². The summed E-state index contributed by atoms with van der Waals surface area (Å²) in [5.74, 6) is -0.235. The van der Waals surface area contributed by atoms with Crippen molar-refractivity contribution in [3.63, 3.8) is 0 Å². The van der Waals surface area contributed by atoms with Crippen LogP contribution in [0.2, 0.25) is 0 Å². The van der Waals surface area contributed by atoms with Gasteiger partial charge in [0.15, 0.2) is 0 Å². The Morgan fingerprint density at radius 1 is 1.32 bits per heavy atom. The zero-order valence-electron chi connectivity index (χ0n) is 13.3. The van der Waals surface area contributed by atoms with E-state index >= 15 is 0 Å². The minimum absolute atomic E-state index is 0.0429. The van der Waals surface area contributed by atoms with Crippen LogP contribution >= 0.6 is 0 Å². The number of para-hydroxylation sites is 1. The van der Waals surface area contributed by atoms with Crippen molar-refractivity contribution < 1.29 is 13.2 Å². The molecule has 1 heterocycles. The summed E-state index contributed by atoms with van der Waals surface area (Å²) in [7, 11) is -1.70. The highest BCUT2D eigenvalue weighted by molar-refractivity contribution is 7.92. The quantitative estimate of drug-likeness (QED) is 0.771. The molecular formula is C16H24N2O3S. The average Bonchev–Trinajstić information content (AvgIpc) is 2.95. The third-order valence-corrected chi connectivity index (χ3v) is 5.80. The summed E-state index contributed by atoms with van der Waals surface area (Å²) in [4.78, 5) is 13.6. The van der Waals surface area contributed by atoms with Gasteiger partial charge in [0.1, 0.15) is 0 Å². The molecule has 1 aliphatic rings. The van der Waals surface area contributed by atoms with Crippen LogP contribution in [0, 0.1) is 0 Å². The molecule has 0 atom stereocenters. The standard InChI is InChI=1S/C16H24N2O3S/c1-3-4-11-17(2)16(19)10-13-22(20,21)18-12-9-14-7-5-6-8-15(14)18/h5-8H,3-4,9-13H2,1-2H3. The lowest BCUT2D eigenvalue weighted by atomic mass is 10.2. The maximum atomic E-state index is 12.5. The molecule has 0 fully saturated rings. The molecule has 0 bridgehead atoms. The first kappa shape index (κ1) is 16.8. The number of amides is 1. The second-order valence-electron chi connectivity index (χ2n) is 5.69. The summed E-state index contributed by atoms with van der Waals surface area (Å²) in [6.45, 7) is 3.22. The van der Waals surface area contributed by atoms with Crippen LogP contribution < -0.4 is 4.31 Å². The molecule has 5 nitrogen and oxygen atoms in total. The van der Waals surface area contributed by atoms with E-state index in [0.29, 0.717) is 13.1 Å². The van der Waals surface area contributed by atoms with Crippen LogP contribution in [0.15, 0.2) is 24.3 Å². The van der Waals surface area contributed by atoms with E-state index in [1.54, 1.807) is 11.9 Å². The fourth-order valence-electron chi connectivity index (χ4n) is 2.63. The van der Waals surface area contributed by atoms with Crippen molar-refractivity contribution in [2.45, 2.75) is 32.6 Å². The predicted molar refractivity (Wildman–Crippen MR) is 88.4 cm³/mol. The van der Waals surface area contributed by atoms with E-state index in [4.69, 9.17) is 0 Å². The monoisotopic (exact) mass is 324 g/mol. The Bertz CT molecular complexity index is 628. The minimum Gasteiger partial charge on any atom is -0.346 e. The van der Waals surface area contributed by atoms with Crippen LogP contribution in [-0.2, 0) is 21.2 Å². The molecule has 2 rings (SSSR count). The molecule has 1 aliphatic heterocycles. The Labute approximate surface area is 133 Å². The molecule has 0 saturated carbocycles. The van der Waals surface area contributed by atoms with Gasteiger partial charge in [-0.3, -0.25) is 9.10 Å². The summed E-state index contributed by atoms with van der Waals surface area (Å²) in [5.41, 5.74) is 1.81. The Balaban J connectivity index is 1.97. The van der Waals surface area contributed by atoms with E-state index in [2.05, 4.69) is 6.92 Å². The number of rotatable bonds is 7. The second kappa shape index (κ2) is 7.13. The van der Waals surface area contributed by atoms with Crippen molar-refractivity contribution in [2.24, 2.45) is 0 Å². The Morgan fingerprint density at radius 2 is 2.05 bits per heavy atom. The average molecular weight is 324 g/mol. The summed E-state index contributed by atoms with van der Waals surface area (Å²) in [5, 5.41) is 0. The van der Waals surface area contributed by atoms with Crippen molar-refractivity contribution in [1.82, 2.24) is 4.90 Å². The Morgan fingerprint density at radius 3 is 2.77 bits per heavy atom. The number of hydrogen-bond donors (Lipinski definition) is 0. The lowest BCUT2D eigenvalue weighted by Gasteiger charge is -2.21. The zero-order valence-corrected chi connectivity index (χ0v) is 14.1. The first-order chi connectivity index (χ1) is 10.5. The number of hydrogen-bond acceptors (Lipinski definition) is 3. The summed E-state index contributed by atoms with van der Waals surface area (Å²) < 4.78 is 26.4. The fraction of sp³-hybridized carbons (Fsp3) is 0.562. The number of carbonyl (C=O) groups is 1. The Kier molecular flexibility index (Phi) is 5.45. The van der Waals surface area contributed by atoms with E-state index in [9.17, 15) is 13.2 Å². The molecule has 0 unspecified atom stereocenters. The number of carbonyl (C=O) groups excluding carboxylic acids is 1. The van der Waals surface area contributed by atoms with Crippen LogP contribution in [0.3, 0.4) is 0 Å². The maximum Gasteiger partial charge on any atom is 0.235 e. The molecule has 6 heteroatoms. The smallest absolute Gasteiger partial charge is 0.235 e. The molecule has 0 spiro atoms. The first-order valence-electron chi connectivity index (χ1n) is 7.78. The van der Waals surface area contributed by atoms with Gasteiger partial charge in [0.25, 0.3) is 0 Å². The molecule has 0 saturated heterocycles. The van der Waals surface area contributed by atoms with Gasteiger partial charge >= 0.3 is 0 Å². The van der Waals surface area contributed by atoms with Crippen molar-refractivity contribution in [1.29, 1.82) is 0 Å². The van der Waals surface area contributed by atoms with Gasteiger partial charge in [0.2, 0.25) is 15.9 Å². The largest absolute Gasteiger partial charge is 0.346 e. The molecule has 0 aliphatic carbocycles. The fourth-order valence-corrected chi connectivity index (χ4v) is 4.13. The third kappa shape index (κ3) is 3.80. The van der Waals surface area contributed by atoms with Crippen molar-refractivity contribution in [2.75, 3.05) is 30.2 Å². The highest BCUT2D eigenvalue weighted by atomic mass is 32.2. The molecular weight excluding hydrogens is 300 g/mol. The van der Waals surface area contributed by atoms with Crippen molar-refractivity contribution in [3.05, 3.63) is 29.8 Å². The van der Waals surface area contributed by atoms with E-state index in [-0.39, 0.29) is 18.1 Å². The lowest BCUT2D eigenvalue weighted by molar-refractivity contribution is -0.129. The number of unbranched alkanes of at least 4 members (excludes halogenated alkanes) is 1. The molecule has 1 amide bonds. The number of nitrogens with zero attached hydrogens (tertiary/aromatic N) is 2. The van der Waals surface area contributed by atoms with Crippen LogP contribution in [0.5, 0.6) is 0 Å². The van der Waals surface area contributed by atoms with Gasteiger partial charge in [-0.1, -0.05) is 31.5 Å². The van der Waals surface area contributed by atoms with Crippen LogP contribution in [-0.4, -0.2) is 45.1 Å². The highest BCUT2D eigenvalue weighted by Crippen LogP contribution is 2.30. The van der Waals surface area contributed by atoms with Gasteiger partial charge in [-0.05, 0) is 24.5 Å². The third-order valence-electron chi connectivity index (χ3n) is 4.03. The second-order valence-corrected chi connectivity index (χ2v) is 7.70. The first-order valence-corrected chi connectivity index (χ1v) is 9.39. The summed E-state index contributed by atoms with van der Waals surface area (Å²) in [6, 6.07) is 7.54. The zero-order chi connectivity index (χ0) is 16.2. The molecule has 1 aromatic rings. The normalized spacial score (nSPS) is 14.0. The van der Waals surface area contributed by atoms with Gasteiger partial charge in [-0.2, -0.15) is 0 Å². The minimum atomic E-state index is -3.44. The van der Waals surface area contributed by atoms with Gasteiger partial charge in [0, 0.05) is 26.6 Å². The van der Waals surface area contributed by atoms with E-state index in [1.165, 1.54) is 4.31 Å². The number of sulfonamides is 1. The number of anilines is 1. The molecule has 0 radical (unpaired) electrons.